The molecule has 1 aromatic carbocycles. The molecule has 34 heavy (non-hydrogen) atoms. The van der Waals surface area contributed by atoms with Crippen molar-refractivity contribution in [2.24, 2.45) is 0 Å². The number of alkyl halides is 3. The second kappa shape index (κ2) is 9.26. The lowest BCUT2D eigenvalue weighted by molar-refractivity contribution is -0.137. The number of hydrogen-bond acceptors (Lipinski definition) is 7. The third kappa shape index (κ3) is 4.55. The molecule has 0 atom stereocenters. The molecule has 0 unspecified atom stereocenters. The van der Waals surface area contributed by atoms with Gasteiger partial charge >= 0.3 is 6.18 Å². The SMILES string of the molecule is CSc1nc(N2CCCC2)c2cc(C(=O)N3CCN(c4cccc(C(F)(F)F)c4)CC3)sc2n1. The molecule has 1 amide bonds. The van der Waals surface area contributed by atoms with Crippen molar-refractivity contribution in [3.8, 4) is 0 Å². The van der Waals surface area contributed by atoms with Crippen molar-refractivity contribution >= 4 is 50.7 Å². The minimum Gasteiger partial charge on any atom is -0.368 e. The molecule has 180 valence electrons. The van der Waals surface area contributed by atoms with Crippen LogP contribution in [0.15, 0.2) is 35.5 Å². The normalized spacial score (nSPS) is 17.1. The third-order valence-electron chi connectivity index (χ3n) is 6.26. The van der Waals surface area contributed by atoms with Crippen LogP contribution in [0.25, 0.3) is 10.2 Å². The Kier molecular flexibility index (Phi) is 6.32. The van der Waals surface area contributed by atoms with Crippen molar-refractivity contribution < 1.29 is 18.0 Å². The van der Waals surface area contributed by atoms with Gasteiger partial charge in [0.15, 0.2) is 5.16 Å². The summed E-state index contributed by atoms with van der Waals surface area (Å²) < 4.78 is 39.2. The van der Waals surface area contributed by atoms with Crippen LogP contribution in [0.4, 0.5) is 24.7 Å². The average molecular weight is 508 g/mol. The van der Waals surface area contributed by atoms with Gasteiger partial charge in [-0.15, -0.1) is 11.3 Å². The fourth-order valence-corrected chi connectivity index (χ4v) is 5.87. The van der Waals surface area contributed by atoms with E-state index in [0.29, 0.717) is 41.9 Å². The number of thiophene rings is 1. The van der Waals surface area contributed by atoms with Crippen LogP contribution in [-0.4, -0.2) is 66.3 Å². The van der Waals surface area contributed by atoms with E-state index in [9.17, 15) is 18.0 Å². The maximum absolute atomic E-state index is 13.3. The molecule has 3 aromatic rings. The van der Waals surface area contributed by atoms with Crippen molar-refractivity contribution in [3.05, 3.63) is 40.8 Å². The third-order valence-corrected chi connectivity index (χ3v) is 7.82. The summed E-state index contributed by atoms with van der Waals surface area (Å²) in [6, 6.07) is 7.26. The lowest BCUT2D eigenvalue weighted by Gasteiger charge is -2.36. The van der Waals surface area contributed by atoms with Crippen LogP contribution in [0, 0.1) is 0 Å². The zero-order valence-corrected chi connectivity index (χ0v) is 20.3. The van der Waals surface area contributed by atoms with E-state index in [0.717, 1.165) is 48.0 Å². The number of hydrogen-bond donors (Lipinski definition) is 0. The number of halogens is 3. The summed E-state index contributed by atoms with van der Waals surface area (Å²) >= 11 is 2.87. The molecule has 0 bridgehead atoms. The van der Waals surface area contributed by atoms with Gasteiger partial charge in [-0.3, -0.25) is 4.79 Å². The number of fused-ring (bicyclic) bond motifs is 1. The first kappa shape index (κ1) is 23.2. The molecule has 2 aliphatic heterocycles. The number of rotatable bonds is 4. The zero-order chi connectivity index (χ0) is 23.9. The molecule has 5 rings (SSSR count). The molecule has 0 spiro atoms. The molecular weight excluding hydrogens is 483 g/mol. The molecule has 0 aliphatic carbocycles. The highest BCUT2D eigenvalue weighted by molar-refractivity contribution is 7.98. The van der Waals surface area contributed by atoms with E-state index in [2.05, 4.69) is 9.88 Å². The van der Waals surface area contributed by atoms with Crippen LogP contribution in [0.1, 0.15) is 28.1 Å². The van der Waals surface area contributed by atoms with Crippen molar-refractivity contribution in [3.63, 3.8) is 0 Å². The molecule has 2 aromatic heterocycles. The highest BCUT2D eigenvalue weighted by Crippen LogP contribution is 2.35. The molecule has 4 heterocycles. The smallest absolute Gasteiger partial charge is 0.368 e. The summed E-state index contributed by atoms with van der Waals surface area (Å²) in [5.74, 6) is 0.835. The molecule has 0 saturated carbocycles. The Morgan fingerprint density at radius 2 is 1.74 bits per heavy atom. The number of aromatic nitrogens is 2. The lowest BCUT2D eigenvalue weighted by Crippen LogP contribution is -2.48. The van der Waals surface area contributed by atoms with Crippen LogP contribution >= 0.6 is 23.1 Å². The van der Waals surface area contributed by atoms with Crippen LogP contribution in [0.2, 0.25) is 0 Å². The van der Waals surface area contributed by atoms with Gasteiger partial charge in [-0.2, -0.15) is 13.2 Å². The number of anilines is 2. The van der Waals surface area contributed by atoms with Crippen LogP contribution in [0.5, 0.6) is 0 Å². The van der Waals surface area contributed by atoms with Gasteiger partial charge in [0, 0.05) is 45.0 Å². The zero-order valence-electron chi connectivity index (χ0n) is 18.6. The predicted octanol–water partition coefficient (Wildman–Crippen LogP) is 4.99. The van der Waals surface area contributed by atoms with Crippen LogP contribution in [-0.2, 0) is 6.18 Å². The minimum absolute atomic E-state index is 0.0650. The second-order valence-electron chi connectivity index (χ2n) is 8.38. The Balaban J connectivity index is 1.33. The van der Waals surface area contributed by atoms with E-state index in [-0.39, 0.29) is 5.91 Å². The highest BCUT2D eigenvalue weighted by atomic mass is 32.2. The summed E-state index contributed by atoms with van der Waals surface area (Å²) in [7, 11) is 0. The van der Waals surface area contributed by atoms with Gasteiger partial charge in [0.05, 0.1) is 15.8 Å². The van der Waals surface area contributed by atoms with Gasteiger partial charge in [0.25, 0.3) is 5.91 Å². The largest absolute Gasteiger partial charge is 0.416 e. The van der Waals surface area contributed by atoms with Gasteiger partial charge in [-0.1, -0.05) is 17.8 Å². The fraction of sp³-hybridized carbons (Fsp3) is 0.435. The number of nitrogens with zero attached hydrogens (tertiary/aromatic N) is 5. The second-order valence-corrected chi connectivity index (χ2v) is 10.2. The molecule has 0 radical (unpaired) electrons. The maximum atomic E-state index is 13.3. The Hall–Kier alpha value is -2.53. The van der Waals surface area contributed by atoms with E-state index in [4.69, 9.17) is 4.98 Å². The summed E-state index contributed by atoms with van der Waals surface area (Å²) in [6.45, 7) is 3.77. The number of carbonyl (C=O) groups is 1. The summed E-state index contributed by atoms with van der Waals surface area (Å²) in [5, 5.41) is 1.61. The molecule has 2 fully saturated rings. The molecule has 0 N–H and O–H groups in total. The van der Waals surface area contributed by atoms with Gasteiger partial charge in [-0.05, 0) is 43.4 Å². The topological polar surface area (TPSA) is 52.6 Å². The number of carbonyl (C=O) groups excluding carboxylic acids is 1. The number of benzene rings is 1. The Labute approximate surface area is 203 Å². The molecular formula is C23H24F3N5OS2. The first-order chi connectivity index (χ1) is 16.3. The van der Waals surface area contributed by atoms with Gasteiger partial charge in [-0.25, -0.2) is 9.97 Å². The van der Waals surface area contributed by atoms with Crippen molar-refractivity contribution in [1.82, 2.24) is 14.9 Å². The van der Waals surface area contributed by atoms with E-state index >= 15 is 0 Å². The maximum Gasteiger partial charge on any atom is 0.416 e. The first-order valence-electron chi connectivity index (χ1n) is 11.2. The van der Waals surface area contributed by atoms with Crippen molar-refractivity contribution in [2.75, 3.05) is 55.3 Å². The molecule has 11 heteroatoms. The first-order valence-corrected chi connectivity index (χ1v) is 13.2. The van der Waals surface area contributed by atoms with E-state index in [1.54, 1.807) is 11.0 Å². The lowest BCUT2D eigenvalue weighted by atomic mass is 10.1. The van der Waals surface area contributed by atoms with E-state index < -0.39 is 11.7 Å². The van der Waals surface area contributed by atoms with Crippen molar-refractivity contribution in [2.45, 2.75) is 24.2 Å². The molecule has 6 nitrogen and oxygen atoms in total. The van der Waals surface area contributed by atoms with Gasteiger partial charge < -0.3 is 14.7 Å². The summed E-state index contributed by atoms with van der Waals surface area (Å²) in [4.78, 5) is 30.0. The summed E-state index contributed by atoms with van der Waals surface area (Å²) in [6.07, 6.45) is -0.168. The van der Waals surface area contributed by atoms with E-state index in [1.165, 1.54) is 35.2 Å². The standard InChI is InChI=1S/C23H24F3N5OS2/c1-33-22-27-19(30-7-2-3-8-30)17-14-18(34-20(17)28-22)21(32)31-11-9-29(10-12-31)16-6-4-5-15(13-16)23(24,25)26/h4-6,13-14H,2-3,7-12H2,1H3. The average Bonchev–Trinajstić information content (AvgIpc) is 3.53. The molecule has 2 saturated heterocycles. The van der Waals surface area contributed by atoms with E-state index in [1.807, 2.05) is 17.2 Å². The predicted molar refractivity (Wildman–Crippen MR) is 130 cm³/mol. The van der Waals surface area contributed by atoms with Crippen LogP contribution in [0.3, 0.4) is 0 Å². The van der Waals surface area contributed by atoms with Gasteiger partial charge in [0.2, 0.25) is 0 Å². The Bertz CT molecular complexity index is 1200. The number of amides is 1. The van der Waals surface area contributed by atoms with Crippen molar-refractivity contribution in [1.29, 1.82) is 0 Å². The molecule has 2 aliphatic rings. The monoisotopic (exact) mass is 507 g/mol. The quantitative estimate of drug-likeness (QED) is 0.366. The number of thioether (sulfide) groups is 1. The van der Waals surface area contributed by atoms with Crippen LogP contribution < -0.4 is 9.80 Å². The number of piperazine rings is 1. The fourth-order valence-electron chi connectivity index (χ4n) is 4.46. The van der Waals surface area contributed by atoms with Gasteiger partial charge in [0.1, 0.15) is 10.6 Å². The Morgan fingerprint density at radius 3 is 2.41 bits per heavy atom. The highest BCUT2D eigenvalue weighted by Gasteiger charge is 2.31. The minimum atomic E-state index is -4.37. The summed E-state index contributed by atoms with van der Waals surface area (Å²) in [5.41, 5.74) is -0.132. The Morgan fingerprint density at radius 1 is 1.00 bits per heavy atom.